The minimum atomic E-state index is -0.658. The molecule has 1 aliphatic rings. The van der Waals surface area contributed by atoms with Gasteiger partial charge >= 0.3 is 5.97 Å². The molecule has 0 fully saturated rings. The highest BCUT2D eigenvalue weighted by molar-refractivity contribution is 5.99. The Balaban J connectivity index is 1.48. The Morgan fingerprint density at radius 1 is 1.09 bits per heavy atom. The number of aromatic nitrogens is 1. The number of nitrogens with one attached hydrogen (secondary N) is 1. The number of carbonyl (C=O) groups is 3. The Hall–Kier alpha value is -4.14. The van der Waals surface area contributed by atoms with Gasteiger partial charge in [0, 0.05) is 30.3 Å². The molecule has 2 aromatic carbocycles. The minimum absolute atomic E-state index is 0.00787. The van der Waals surface area contributed by atoms with Gasteiger partial charge in [-0.15, -0.1) is 0 Å². The molecule has 3 aromatic rings. The van der Waals surface area contributed by atoms with Crippen LogP contribution in [0.3, 0.4) is 0 Å². The zero-order chi connectivity index (χ0) is 24.2. The summed E-state index contributed by atoms with van der Waals surface area (Å²) in [6.45, 7) is 0.149. The second-order valence-electron chi connectivity index (χ2n) is 7.79. The molecular formula is C25H21F2N3O4. The van der Waals surface area contributed by atoms with Crippen molar-refractivity contribution >= 4 is 23.6 Å². The first-order chi connectivity index (χ1) is 16.4. The van der Waals surface area contributed by atoms with Crippen LogP contribution in [0.4, 0.5) is 14.6 Å². The molecule has 2 heterocycles. The number of fused-ring (bicyclic) bond motifs is 1. The van der Waals surface area contributed by atoms with Gasteiger partial charge in [-0.2, -0.15) is 0 Å². The number of ether oxygens (including phenoxy) is 1. The lowest BCUT2D eigenvalue weighted by molar-refractivity contribution is -0.116. The molecule has 0 saturated carbocycles. The van der Waals surface area contributed by atoms with E-state index < -0.39 is 23.6 Å². The molecule has 0 radical (unpaired) electrons. The number of hydrogen-bond acceptors (Lipinski definition) is 5. The van der Waals surface area contributed by atoms with E-state index in [1.54, 1.807) is 18.2 Å². The third-order valence-electron chi connectivity index (χ3n) is 5.62. The molecule has 0 spiro atoms. The van der Waals surface area contributed by atoms with E-state index in [1.807, 2.05) is 0 Å². The van der Waals surface area contributed by atoms with Crippen LogP contribution < -0.4 is 5.32 Å². The lowest BCUT2D eigenvalue weighted by atomic mass is 9.99. The van der Waals surface area contributed by atoms with Crippen LogP contribution in [0.1, 0.15) is 50.7 Å². The van der Waals surface area contributed by atoms with Crippen LogP contribution in [0.2, 0.25) is 0 Å². The van der Waals surface area contributed by atoms with Crippen molar-refractivity contribution in [1.82, 2.24) is 9.88 Å². The van der Waals surface area contributed by atoms with Crippen LogP contribution in [-0.2, 0) is 16.1 Å². The maximum Gasteiger partial charge on any atom is 0.339 e. The van der Waals surface area contributed by atoms with E-state index in [1.165, 1.54) is 54.6 Å². The number of pyridine rings is 1. The van der Waals surface area contributed by atoms with Crippen molar-refractivity contribution in [2.24, 2.45) is 0 Å². The molecule has 9 heteroatoms. The lowest BCUT2D eigenvalue weighted by Crippen LogP contribution is -2.28. The highest BCUT2D eigenvalue weighted by Gasteiger charge is 2.38. The van der Waals surface area contributed by atoms with Crippen molar-refractivity contribution in [3.63, 3.8) is 0 Å². The van der Waals surface area contributed by atoms with Gasteiger partial charge in [0.15, 0.2) is 0 Å². The van der Waals surface area contributed by atoms with Crippen molar-refractivity contribution in [3.8, 4) is 0 Å². The summed E-state index contributed by atoms with van der Waals surface area (Å²) in [4.78, 5) is 42.6. The normalized spacial score (nSPS) is 14.6. The first-order valence-electron chi connectivity index (χ1n) is 10.6. The molecule has 34 heavy (non-hydrogen) atoms. The van der Waals surface area contributed by atoms with Gasteiger partial charge in [0.2, 0.25) is 5.91 Å². The third kappa shape index (κ3) is 4.78. The molecule has 174 valence electrons. The number of nitrogens with zero attached hydrogens (tertiary/aromatic N) is 2. The Morgan fingerprint density at radius 2 is 1.85 bits per heavy atom. The molecule has 4 rings (SSSR count). The molecule has 7 nitrogen and oxygen atoms in total. The van der Waals surface area contributed by atoms with Crippen molar-refractivity contribution in [1.29, 1.82) is 0 Å². The lowest BCUT2D eigenvalue weighted by Gasteiger charge is -2.25. The summed E-state index contributed by atoms with van der Waals surface area (Å²) in [6.07, 6.45) is 1.45. The summed E-state index contributed by atoms with van der Waals surface area (Å²) < 4.78 is 32.6. The standard InChI is InChI=1S/C25H21F2N3O4/c1-34-25(33)16-7-11-21(28-13-16)29-22(31)12-10-20-23-18(3-2-4-19(23)27)24(32)30(20)14-15-5-8-17(26)9-6-15/h2-9,11,13,20H,10,12,14H2,1H3,(H,28,29,31)/t20-/m0/s1. The van der Waals surface area contributed by atoms with E-state index >= 15 is 0 Å². The van der Waals surface area contributed by atoms with E-state index in [0.717, 1.165) is 0 Å². The fourth-order valence-electron chi connectivity index (χ4n) is 3.96. The Bertz CT molecular complexity index is 1230. The van der Waals surface area contributed by atoms with Crippen LogP contribution in [-0.4, -0.2) is 34.8 Å². The van der Waals surface area contributed by atoms with Crippen molar-refractivity contribution in [2.45, 2.75) is 25.4 Å². The van der Waals surface area contributed by atoms with E-state index in [-0.39, 0.29) is 53.7 Å². The largest absolute Gasteiger partial charge is 0.465 e. The van der Waals surface area contributed by atoms with Gasteiger partial charge in [0.1, 0.15) is 17.5 Å². The quantitative estimate of drug-likeness (QED) is 0.527. The minimum Gasteiger partial charge on any atom is -0.465 e. The average Bonchev–Trinajstić information content (AvgIpc) is 3.11. The number of anilines is 1. The number of hydrogen-bond donors (Lipinski definition) is 1. The van der Waals surface area contributed by atoms with Gasteiger partial charge in [-0.3, -0.25) is 9.59 Å². The topological polar surface area (TPSA) is 88.6 Å². The highest BCUT2D eigenvalue weighted by atomic mass is 19.1. The van der Waals surface area contributed by atoms with Crippen molar-refractivity contribution in [2.75, 3.05) is 12.4 Å². The summed E-state index contributed by atoms with van der Waals surface area (Å²) >= 11 is 0. The average molecular weight is 465 g/mol. The molecular weight excluding hydrogens is 444 g/mol. The Kier molecular flexibility index (Phi) is 6.62. The highest BCUT2D eigenvalue weighted by Crippen LogP contribution is 2.39. The van der Waals surface area contributed by atoms with Gasteiger partial charge in [-0.1, -0.05) is 18.2 Å². The van der Waals surface area contributed by atoms with Crippen LogP contribution in [0.5, 0.6) is 0 Å². The van der Waals surface area contributed by atoms with Gasteiger partial charge in [-0.25, -0.2) is 18.6 Å². The zero-order valence-electron chi connectivity index (χ0n) is 18.3. The number of benzene rings is 2. The molecule has 1 aliphatic heterocycles. The van der Waals surface area contributed by atoms with Crippen molar-refractivity contribution in [3.05, 3.63) is 94.7 Å². The fourth-order valence-corrected chi connectivity index (χ4v) is 3.96. The number of rotatable bonds is 7. The molecule has 1 atom stereocenters. The molecule has 0 saturated heterocycles. The second kappa shape index (κ2) is 9.78. The van der Waals surface area contributed by atoms with Crippen LogP contribution in [0.25, 0.3) is 0 Å². The maximum absolute atomic E-state index is 14.7. The Morgan fingerprint density at radius 3 is 2.53 bits per heavy atom. The zero-order valence-corrected chi connectivity index (χ0v) is 18.3. The second-order valence-corrected chi connectivity index (χ2v) is 7.79. The molecule has 2 amide bonds. The van der Waals surface area contributed by atoms with Gasteiger partial charge < -0.3 is 15.0 Å². The number of halogens is 2. The monoisotopic (exact) mass is 465 g/mol. The van der Waals surface area contributed by atoms with Gasteiger partial charge in [0.05, 0.1) is 18.7 Å². The molecule has 0 unspecified atom stereocenters. The summed E-state index contributed by atoms with van der Waals surface area (Å²) in [5.41, 5.74) is 1.44. The van der Waals surface area contributed by atoms with Crippen LogP contribution >= 0.6 is 0 Å². The number of carbonyl (C=O) groups excluding carboxylic acids is 3. The number of methoxy groups -OCH3 is 1. The van der Waals surface area contributed by atoms with E-state index in [0.29, 0.717) is 5.56 Å². The van der Waals surface area contributed by atoms with Crippen LogP contribution in [0, 0.1) is 11.6 Å². The summed E-state index contributed by atoms with van der Waals surface area (Å²) in [5, 5.41) is 2.63. The first-order valence-corrected chi connectivity index (χ1v) is 10.6. The van der Waals surface area contributed by atoms with Crippen molar-refractivity contribution < 1.29 is 27.9 Å². The first kappa shape index (κ1) is 23.0. The third-order valence-corrected chi connectivity index (χ3v) is 5.62. The van der Waals surface area contributed by atoms with Gasteiger partial charge in [0.25, 0.3) is 5.91 Å². The fraction of sp³-hybridized carbons (Fsp3) is 0.200. The summed E-state index contributed by atoms with van der Waals surface area (Å²) in [5.74, 6) is -1.93. The Labute approximate surface area is 194 Å². The van der Waals surface area contributed by atoms with E-state index in [4.69, 9.17) is 0 Å². The van der Waals surface area contributed by atoms with E-state index in [9.17, 15) is 23.2 Å². The summed E-state index contributed by atoms with van der Waals surface area (Å²) in [7, 11) is 1.26. The van der Waals surface area contributed by atoms with E-state index in [2.05, 4.69) is 15.0 Å². The number of amides is 2. The molecule has 1 aromatic heterocycles. The van der Waals surface area contributed by atoms with Gasteiger partial charge in [-0.05, 0) is 48.4 Å². The predicted molar refractivity (Wildman–Crippen MR) is 119 cm³/mol. The predicted octanol–water partition coefficient (Wildman–Crippen LogP) is 4.26. The smallest absolute Gasteiger partial charge is 0.339 e. The summed E-state index contributed by atoms with van der Waals surface area (Å²) in [6, 6.07) is 12.3. The SMILES string of the molecule is COC(=O)c1ccc(NC(=O)CC[C@H]2c3c(F)cccc3C(=O)N2Cc2ccc(F)cc2)nc1. The van der Waals surface area contributed by atoms with Crippen LogP contribution in [0.15, 0.2) is 60.8 Å². The molecule has 0 aliphatic carbocycles. The molecule has 1 N–H and O–H groups in total. The maximum atomic E-state index is 14.7. The molecule has 0 bridgehead atoms. The number of esters is 1.